The molecule has 0 fully saturated rings. The molecule has 0 saturated heterocycles. The molecule has 2 heterocycles. The van der Waals surface area contributed by atoms with Crippen LogP contribution < -0.4 is 5.73 Å². The number of nitrogens with zero attached hydrogens (tertiary/aromatic N) is 3. The van der Waals surface area contributed by atoms with Gasteiger partial charge in [-0.3, -0.25) is 5.41 Å². The van der Waals surface area contributed by atoms with E-state index >= 15 is 0 Å². The van der Waals surface area contributed by atoms with E-state index in [9.17, 15) is 0 Å². The van der Waals surface area contributed by atoms with Gasteiger partial charge in [0.25, 0.3) is 0 Å². The van der Waals surface area contributed by atoms with Crippen LogP contribution in [-0.2, 0) is 13.0 Å². The molecule has 74 valence electrons. The first kappa shape index (κ1) is 8.80. The smallest absolute Gasteiger partial charge is 0.136 e. The van der Waals surface area contributed by atoms with E-state index in [0.29, 0.717) is 6.54 Å². The first-order valence-corrected chi connectivity index (χ1v) is 4.57. The van der Waals surface area contributed by atoms with Crippen LogP contribution in [0, 0.1) is 5.41 Å². The van der Waals surface area contributed by atoms with Crippen molar-refractivity contribution in [2.75, 3.05) is 0 Å². The van der Waals surface area contributed by atoms with Crippen LogP contribution in [0.3, 0.4) is 0 Å². The number of imidazole rings is 1. The minimum absolute atomic E-state index is 0.155. The molecular weight excluding hydrogens is 178 g/mol. The van der Waals surface area contributed by atoms with Crippen LogP contribution >= 0.6 is 0 Å². The van der Waals surface area contributed by atoms with Crippen molar-refractivity contribution in [3.8, 4) is 0 Å². The second-order valence-corrected chi connectivity index (χ2v) is 3.24. The number of fused-ring (bicyclic) bond motifs is 1. The van der Waals surface area contributed by atoms with Gasteiger partial charge in [-0.2, -0.15) is 5.10 Å². The van der Waals surface area contributed by atoms with Crippen LogP contribution in [0.5, 0.6) is 0 Å². The number of hydrogen-bond donors (Lipinski definition) is 2. The Balaban J connectivity index is 2.44. The zero-order chi connectivity index (χ0) is 10.1. The molecule has 2 rings (SSSR count). The highest BCUT2D eigenvalue weighted by Gasteiger charge is 2.05. The lowest BCUT2D eigenvalue weighted by Gasteiger charge is -1.99. The van der Waals surface area contributed by atoms with Crippen molar-refractivity contribution in [2.45, 2.75) is 19.9 Å². The molecule has 3 N–H and O–H groups in total. The zero-order valence-electron chi connectivity index (χ0n) is 8.07. The van der Waals surface area contributed by atoms with Crippen molar-refractivity contribution < 1.29 is 0 Å². The van der Waals surface area contributed by atoms with Crippen LogP contribution in [0.1, 0.15) is 12.6 Å². The number of aryl methyl sites for hydroxylation is 1. The Morgan fingerprint density at radius 2 is 2.36 bits per heavy atom. The maximum Gasteiger partial charge on any atom is 0.136 e. The topological polar surface area (TPSA) is 72.1 Å². The summed E-state index contributed by atoms with van der Waals surface area (Å²) in [5, 5.41) is 11.6. The fraction of sp³-hybridized carbons (Fsp3) is 0.333. The first-order valence-electron chi connectivity index (χ1n) is 4.57. The quantitative estimate of drug-likeness (QED) is 0.552. The second kappa shape index (κ2) is 3.17. The molecule has 14 heavy (non-hydrogen) atoms. The predicted octanol–water partition coefficient (Wildman–Crippen LogP) is 0.634. The fourth-order valence-electron chi connectivity index (χ4n) is 1.47. The lowest BCUT2D eigenvalue weighted by molar-refractivity contribution is 0.862. The molecule has 0 spiro atoms. The lowest BCUT2D eigenvalue weighted by Crippen LogP contribution is -2.17. The van der Waals surface area contributed by atoms with E-state index in [1.807, 2.05) is 27.5 Å². The molecule has 0 aliphatic carbocycles. The third-order valence-corrected chi connectivity index (χ3v) is 2.15. The van der Waals surface area contributed by atoms with Gasteiger partial charge in [-0.1, -0.05) is 6.92 Å². The zero-order valence-corrected chi connectivity index (χ0v) is 8.07. The van der Waals surface area contributed by atoms with Crippen molar-refractivity contribution in [3.63, 3.8) is 0 Å². The summed E-state index contributed by atoms with van der Waals surface area (Å²) in [4.78, 5) is 0. The van der Waals surface area contributed by atoms with E-state index < -0.39 is 0 Å². The van der Waals surface area contributed by atoms with E-state index in [4.69, 9.17) is 11.1 Å². The van der Waals surface area contributed by atoms with Gasteiger partial charge in [-0.15, -0.1) is 0 Å². The Labute approximate surface area is 81.6 Å². The Bertz CT molecular complexity index is 464. The second-order valence-electron chi connectivity index (χ2n) is 3.24. The van der Waals surface area contributed by atoms with Gasteiger partial charge in [0.1, 0.15) is 11.5 Å². The Kier molecular flexibility index (Phi) is 1.99. The predicted molar refractivity (Wildman–Crippen MR) is 54.5 cm³/mol. The van der Waals surface area contributed by atoms with Crippen LogP contribution in [-0.4, -0.2) is 20.0 Å². The maximum atomic E-state index is 7.22. The van der Waals surface area contributed by atoms with Gasteiger partial charge in [0.05, 0.1) is 12.2 Å². The van der Waals surface area contributed by atoms with E-state index in [0.717, 1.165) is 17.8 Å². The summed E-state index contributed by atoms with van der Waals surface area (Å²) in [6.45, 7) is 2.49. The number of amidine groups is 1. The Morgan fingerprint density at radius 1 is 1.57 bits per heavy atom. The summed E-state index contributed by atoms with van der Waals surface area (Å²) in [6.07, 6.45) is 4.67. The summed E-state index contributed by atoms with van der Waals surface area (Å²) in [5.74, 6) is 0.155. The highest BCUT2D eigenvalue weighted by molar-refractivity contribution is 5.77. The van der Waals surface area contributed by atoms with E-state index in [2.05, 4.69) is 12.0 Å². The van der Waals surface area contributed by atoms with Crippen molar-refractivity contribution in [3.05, 3.63) is 24.2 Å². The minimum atomic E-state index is 0.155. The van der Waals surface area contributed by atoms with Gasteiger partial charge in [-0.05, 0) is 6.42 Å². The summed E-state index contributed by atoms with van der Waals surface area (Å²) in [5.41, 5.74) is 7.38. The van der Waals surface area contributed by atoms with Crippen molar-refractivity contribution in [1.29, 1.82) is 5.41 Å². The number of nitrogens with one attached hydrogen (secondary N) is 1. The summed E-state index contributed by atoms with van der Waals surface area (Å²) < 4.78 is 3.72. The molecule has 0 unspecified atom stereocenters. The Morgan fingerprint density at radius 3 is 3.00 bits per heavy atom. The third-order valence-electron chi connectivity index (χ3n) is 2.15. The van der Waals surface area contributed by atoms with Gasteiger partial charge >= 0.3 is 0 Å². The summed E-state index contributed by atoms with van der Waals surface area (Å²) in [6, 6.07) is 2.02. The molecule has 0 aliphatic heterocycles. The molecule has 5 nitrogen and oxygen atoms in total. The summed E-state index contributed by atoms with van der Waals surface area (Å²) in [7, 11) is 0. The van der Waals surface area contributed by atoms with Gasteiger partial charge in [-0.25, -0.2) is 4.52 Å². The normalized spacial score (nSPS) is 10.9. The van der Waals surface area contributed by atoms with Gasteiger partial charge in [0.15, 0.2) is 0 Å². The third kappa shape index (κ3) is 1.37. The van der Waals surface area contributed by atoms with Crippen molar-refractivity contribution >= 4 is 11.5 Å². The van der Waals surface area contributed by atoms with Crippen LogP contribution in [0.25, 0.3) is 5.65 Å². The highest BCUT2D eigenvalue weighted by Crippen LogP contribution is 2.08. The average Bonchev–Trinajstić information content (AvgIpc) is 2.66. The largest absolute Gasteiger partial charge is 0.386 e. The first-order chi connectivity index (χ1) is 6.70. The number of rotatable bonds is 3. The highest BCUT2D eigenvalue weighted by atomic mass is 15.3. The molecule has 2 aromatic rings. The molecule has 0 radical (unpaired) electrons. The van der Waals surface area contributed by atoms with Gasteiger partial charge < -0.3 is 10.3 Å². The molecule has 2 aromatic heterocycles. The molecule has 0 saturated carbocycles. The maximum absolute atomic E-state index is 7.22. The van der Waals surface area contributed by atoms with Crippen LogP contribution in [0.15, 0.2) is 18.5 Å². The van der Waals surface area contributed by atoms with E-state index in [1.54, 1.807) is 0 Å². The molecular formula is C9H13N5. The standard InChI is InChI=1S/C9H13N5/c1-2-7-5-9-13(6-8(10)11)3-4-14(9)12-7/h3-5H,2,6H2,1H3,(H3,10,11). The molecule has 0 bridgehead atoms. The van der Waals surface area contributed by atoms with E-state index in [-0.39, 0.29) is 5.84 Å². The van der Waals surface area contributed by atoms with Gasteiger partial charge in [0.2, 0.25) is 0 Å². The molecule has 5 heteroatoms. The number of aromatic nitrogens is 3. The lowest BCUT2D eigenvalue weighted by atomic mass is 10.3. The molecule has 0 amide bonds. The summed E-state index contributed by atoms with van der Waals surface area (Å²) >= 11 is 0. The van der Waals surface area contributed by atoms with Crippen LogP contribution in [0.2, 0.25) is 0 Å². The minimum Gasteiger partial charge on any atom is -0.386 e. The van der Waals surface area contributed by atoms with Crippen LogP contribution in [0.4, 0.5) is 0 Å². The fourth-order valence-corrected chi connectivity index (χ4v) is 1.47. The number of nitrogens with two attached hydrogens (primary N) is 1. The molecule has 0 aromatic carbocycles. The average molecular weight is 191 g/mol. The SMILES string of the molecule is CCc1cc2n(CC(=N)N)ccn2n1. The Hall–Kier alpha value is -1.78. The van der Waals surface area contributed by atoms with Gasteiger partial charge in [0, 0.05) is 18.5 Å². The van der Waals surface area contributed by atoms with Crippen molar-refractivity contribution in [2.24, 2.45) is 5.73 Å². The monoisotopic (exact) mass is 191 g/mol. The number of hydrogen-bond acceptors (Lipinski definition) is 2. The molecule has 0 aliphatic rings. The van der Waals surface area contributed by atoms with E-state index in [1.165, 1.54) is 0 Å². The molecule has 0 atom stereocenters. The van der Waals surface area contributed by atoms with Crippen molar-refractivity contribution in [1.82, 2.24) is 14.2 Å².